The number of halogens is 4. The number of alkyl halides is 3. The molecule has 2 rings (SSSR count). The SMILES string of the molecule is O=S(=O)(c1ccc(F)c(C(F)(F)F)c1)N1CCCC(O)C1. The van der Waals surface area contributed by atoms with Crippen molar-refractivity contribution in [2.75, 3.05) is 13.1 Å². The lowest BCUT2D eigenvalue weighted by Gasteiger charge is -2.29. The Kier molecular flexibility index (Phi) is 4.27. The van der Waals surface area contributed by atoms with E-state index in [1.807, 2.05) is 0 Å². The molecule has 0 amide bonds. The highest BCUT2D eigenvalue weighted by atomic mass is 32.2. The van der Waals surface area contributed by atoms with Crippen LogP contribution in [0.1, 0.15) is 18.4 Å². The van der Waals surface area contributed by atoms with Crippen molar-refractivity contribution in [3.05, 3.63) is 29.6 Å². The summed E-state index contributed by atoms with van der Waals surface area (Å²) in [5.74, 6) is -1.53. The maximum atomic E-state index is 13.2. The highest BCUT2D eigenvalue weighted by Gasteiger charge is 2.37. The van der Waals surface area contributed by atoms with Crippen molar-refractivity contribution in [2.24, 2.45) is 0 Å². The van der Waals surface area contributed by atoms with Crippen LogP contribution in [0.15, 0.2) is 23.1 Å². The van der Waals surface area contributed by atoms with Gasteiger partial charge >= 0.3 is 6.18 Å². The Morgan fingerprint density at radius 3 is 2.52 bits per heavy atom. The molecule has 1 aliphatic heterocycles. The van der Waals surface area contributed by atoms with E-state index in [0.29, 0.717) is 18.9 Å². The molecule has 1 aromatic rings. The number of sulfonamides is 1. The number of β-amino-alcohol motifs (C(OH)–C–C–N with tert-alkyl or cyclic N) is 1. The van der Waals surface area contributed by atoms with Crippen LogP contribution in [0.3, 0.4) is 0 Å². The van der Waals surface area contributed by atoms with Gasteiger partial charge in [0.2, 0.25) is 10.0 Å². The van der Waals surface area contributed by atoms with Gasteiger partial charge in [0.15, 0.2) is 0 Å². The molecule has 118 valence electrons. The van der Waals surface area contributed by atoms with Crippen LogP contribution in [0, 0.1) is 5.82 Å². The summed E-state index contributed by atoms with van der Waals surface area (Å²) in [5, 5.41) is 9.47. The molecule has 1 aromatic carbocycles. The van der Waals surface area contributed by atoms with E-state index in [9.17, 15) is 31.1 Å². The third kappa shape index (κ3) is 3.35. The van der Waals surface area contributed by atoms with Crippen molar-refractivity contribution in [3.63, 3.8) is 0 Å². The van der Waals surface area contributed by atoms with E-state index in [0.717, 1.165) is 10.4 Å². The van der Waals surface area contributed by atoms with Crippen LogP contribution in [0.2, 0.25) is 0 Å². The van der Waals surface area contributed by atoms with Crippen molar-refractivity contribution in [2.45, 2.75) is 30.0 Å². The van der Waals surface area contributed by atoms with Gasteiger partial charge in [-0.15, -0.1) is 0 Å². The fraction of sp³-hybridized carbons (Fsp3) is 0.500. The van der Waals surface area contributed by atoms with Gasteiger partial charge in [-0.05, 0) is 31.0 Å². The van der Waals surface area contributed by atoms with Gasteiger partial charge < -0.3 is 5.11 Å². The Balaban J connectivity index is 2.41. The van der Waals surface area contributed by atoms with Gasteiger partial charge in [0.05, 0.1) is 16.6 Å². The molecule has 1 atom stereocenters. The van der Waals surface area contributed by atoms with Crippen molar-refractivity contribution in [1.29, 1.82) is 0 Å². The summed E-state index contributed by atoms with van der Waals surface area (Å²) in [5.41, 5.74) is -1.62. The van der Waals surface area contributed by atoms with Crippen LogP contribution >= 0.6 is 0 Å². The summed E-state index contributed by atoms with van der Waals surface area (Å²) >= 11 is 0. The lowest BCUT2D eigenvalue weighted by molar-refractivity contribution is -0.140. The van der Waals surface area contributed by atoms with Crippen LogP contribution in [-0.2, 0) is 16.2 Å². The summed E-state index contributed by atoms with van der Waals surface area (Å²) < 4.78 is 76.5. The Morgan fingerprint density at radius 2 is 1.95 bits per heavy atom. The largest absolute Gasteiger partial charge is 0.419 e. The number of aliphatic hydroxyl groups is 1. The number of piperidine rings is 1. The number of rotatable bonds is 2. The van der Waals surface area contributed by atoms with Crippen molar-refractivity contribution in [3.8, 4) is 0 Å². The standard InChI is InChI=1S/C12H13F4NO3S/c13-11-4-3-9(6-10(11)12(14,15)16)21(19,20)17-5-1-2-8(18)7-17/h3-4,6,8,18H,1-2,5,7H2. The van der Waals surface area contributed by atoms with Crippen LogP contribution in [0.4, 0.5) is 17.6 Å². The van der Waals surface area contributed by atoms with Gasteiger partial charge in [0, 0.05) is 13.1 Å². The first-order chi connectivity index (χ1) is 9.62. The molecule has 0 saturated carbocycles. The second-order valence-corrected chi connectivity index (χ2v) is 6.74. The van der Waals surface area contributed by atoms with Crippen molar-refractivity contribution in [1.82, 2.24) is 4.31 Å². The van der Waals surface area contributed by atoms with E-state index < -0.39 is 38.6 Å². The van der Waals surface area contributed by atoms with Gasteiger partial charge in [-0.25, -0.2) is 12.8 Å². The minimum atomic E-state index is -4.98. The normalized spacial score (nSPS) is 21.5. The van der Waals surface area contributed by atoms with Gasteiger partial charge in [-0.3, -0.25) is 0 Å². The minimum absolute atomic E-state index is 0.109. The molecule has 0 bridgehead atoms. The molecule has 1 saturated heterocycles. The predicted octanol–water partition coefficient (Wildman–Crippen LogP) is 1.99. The van der Waals surface area contributed by atoms with Crippen LogP contribution in [0.25, 0.3) is 0 Å². The Labute approximate surface area is 119 Å². The lowest BCUT2D eigenvalue weighted by Crippen LogP contribution is -2.42. The smallest absolute Gasteiger partial charge is 0.392 e. The average Bonchev–Trinajstić information content (AvgIpc) is 2.37. The lowest BCUT2D eigenvalue weighted by atomic mass is 10.1. The molecule has 1 N–H and O–H groups in total. The molecule has 0 aliphatic carbocycles. The summed E-state index contributed by atoms with van der Waals surface area (Å²) in [6.07, 6.45) is -4.98. The third-order valence-electron chi connectivity index (χ3n) is 3.24. The second-order valence-electron chi connectivity index (χ2n) is 4.80. The first-order valence-corrected chi connectivity index (χ1v) is 7.61. The second kappa shape index (κ2) is 5.54. The molecule has 1 fully saturated rings. The molecule has 0 spiro atoms. The summed E-state index contributed by atoms with van der Waals surface area (Å²) in [6, 6.07) is 1.56. The first-order valence-electron chi connectivity index (χ1n) is 6.17. The summed E-state index contributed by atoms with van der Waals surface area (Å²) in [6.45, 7) is -0.0703. The van der Waals surface area contributed by atoms with E-state index in [2.05, 4.69) is 0 Å². The van der Waals surface area contributed by atoms with E-state index in [4.69, 9.17) is 0 Å². The van der Waals surface area contributed by atoms with Gasteiger partial charge in [0.25, 0.3) is 0 Å². The van der Waals surface area contributed by atoms with E-state index in [1.165, 1.54) is 0 Å². The van der Waals surface area contributed by atoms with Gasteiger partial charge in [0.1, 0.15) is 5.82 Å². The van der Waals surface area contributed by atoms with Crippen molar-refractivity contribution >= 4 is 10.0 Å². The number of hydrogen-bond acceptors (Lipinski definition) is 3. The van der Waals surface area contributed by atoms with Crippen LogP contribution in [0.5, 0.6) is 0 Å². The monoisotopic (exact) mass is 327 g/mol. The van der Waals surface area contributed by atoms with E-state index in [-0.39, 0.29) is 19.2 Å². The molecule has 4 nitrogen and oxygen atoms in total. The summed E-state index contributed by atoms with van der Waals surface area (Å²) in [4.78, 5) is -0.634. The minimum Gasteiger partial charge on any atom is -0.392 e. The molecule has 21 heavy (non-hydrogen) atoms. The Hall–Kier alpha value is -1.19. The zero-order valence-corrected chi connectivity index (χ0v) is 11.6. The van der Waals surface area contributed by atoms with Gasteiger partial charge in [-0.1, -0.05) is 0 Å². The fourth-order valence-corrected chi connectivity index (χ4v) is 3.71. The fourth-order valence-electron chi connectivity index (χ4n) is 2.17. The molecule has 1 aliphatic rings. The maximum absolute atomic E-state index is 13.2. The molecule has 1 unspecified atom stereocenters. The number of aliphatic hydroxyl groups excluding tert-OH is 1. The third-order valence-corrected chi connectivity index (χ3v) is 5.10. The highest BCUT2D eigenvalue weighted by molar-refractivity contribution is 7.89. The number of nitrogens with zero attached hydrogens (tertiary/aromatic N) is 1. The zero-order valence-electron chi connectivity index (χ0n) is 10.8. The molecular formula is C12H13F4NO3S. The topological polar surface area (TPSA) is 57.6 Å². The first kappa shape index (κ1) is 16.2. The Morgan fingerprint density at radius 1 is 1.29 bits per heavy atom. The molecule has 0 aromatic heterocycles. The van der Waals surface area contributed by atoms with E-state index in [1.54, 1.807) is 0 Å². The molecular weight excluding hydrogens is 314 g/mol. The Bertz CT molecular complexity index is 630. The highest BCUT2D eigenvalue weighted by Crippen LogP contribution is 2.33. The zero-order chi connectivity index (χ0) is 15.8. The molecule has 1 heterocycles. The van der Waals surface area contributed by atoms with Crippen LogP contribution in [-0.4, -0.2) is 37.0 Å². The molecule has 9 heteroatoms. The number of benzene rings is 1. The van der Waals surface area contributed by atoms with Crippen LogP contribution < -0.4 is 0 Å². The van der Waals surface area contributed by atoms with E-state index >= 15 is 0 Å². The average molecular weight is 327 g/mol. The number of hydrogen-bond donors (Lipinski definition) is 1. The maximum Gasteiger partial charge on any atom is 0.419 e. The molecule has 0 radical (unpaired) electrons. The van der Waals surface area contributed by atoms with Gasteiger partial charge in [-0.2, -0.15) is 17.5 Å². The quantitative estimate of drug-likeness (QED) is 0.845. The predicted molar refractivity (Wildman–Crippen MR) is 65.4 cm³/mol. The summed E-state index contributed by atoms with van der Waals surface area (Å²) in [7, 11) is -4.19. The van der Waals surface area contributed by atoms with Crippen molar-refractivity contribution < 1.29 is 31.1 Å².